The van der Waals surface area contributed by atoms with Crippen LogP contribution in [-0.2, 0) is 6.42 Å². The predicted molar refractivity (Wildman–Crippen MR) is 62.6 cm³/mol. The lowest BCUT2D eigenvalue weighted by atomic mass is 10.1. The van der Waals surface area contributed by atoms with Gasteiger partial charge in [-0.3, -0.25) is 0 Å². The van der Waals surface area contributed by atoms with Crippen LogP contribution in [0.3, 0.4) is 0 Å². The predicted octanol–water partition coefficient (Wildman–Crippen LogP) is 2.52. The number of hydrogen-bond acceptors (Lipinski definition) is 2. The fraction of sp³-hybridized carbons (Fsp3) is 0.462. The highest BCUT2D eigenvalue weighted by molar-refractivity contribution is 5.24. The molecule has 0 spiro atoms. The SMILES string of the molecule is Cc1cc(CCN(C)CCC#N)ccc1F. The fourth-order valence-corrected chi connectivity index (χ4v) is 1.53. The van der Waals surface area contributed by atoms with Gasteiger partial charge in [-0.2, -0.15) is 5.26 Å². The van der Waals surface area contributed by atoms with E-state index in [9.17, 15) is 4.39 Å². The van der Waals surface area contributed by atoms with Crippen LogP contribution >= 0.6 is 0 Å². The standard InChI is InChI=1S/C13H17FN2/c1-11-10-12(4-5-13(11)14)6-9-16(2)8-3-7-15/h4-5,10H,3,6,8-9H2,1-2H3. The molecule has 3 heteroatoms. The van der Waals surface area contributed by atoms with Crippen LogP contribution in [-0.4, -0.2) is 25.0 Å². The van der Waals surface area contributed by atoms with E-state index in [-0.39, 0.29) is 5.82 Å². The molecule has 0 saturated heterocycles. The van der Waals surface area contributed by atoms with Crippen LogP contribution in [0.2, 0.25) is 0 Å². The van der Waals surface area contributed by atoms with Gasteiger partial charge < -0.3 is 4.90 Å². The Morgan fingerprint density at radius 1 is 1.38 bits per heavy atom. The molecule has 2 nitrogen and oxygen atoms in total. The van der Waals surface area contributed by atoms with Crippen molar-refractivity contribution >= 4 is 0 Å². The molecule has 0 aromatic heterocycles. The van der Waals surface area contributed by atoms with E-state index < -0.39 is 0 Å². The van der Waals surface area contributed by atoms with Gasteiger partial charge in [0.2, 0.25) is 0 Å². The van der Waals surface area contributed by atoms with Crippen molar-refractivity contribution < 1.29 is 4.39 Å². The minimum atomic E-state index is -0.151. The van der Waals surface area contributed by atoms with Crippen LogP contribution in [0.25, 0.3) is 0 Å². The number of benzene rings is 1. The first-order valence-electron chi connectivity index (χ1n) is 5.44. The average Bonchev–Trinajstić information content (AvgIpc) is 2.28. The molecule has 0 radical (unpaired) electrons. The molecule has 0 amide bonds. The Balaban J connectivity index is 2.43. The van der Waals surface area contributed by atoms with Crippen molar-refractivity contribution in [3.8, 4) is 6.07 Å². The summed E-state index contributed by atoms with van der Waals surface area (Å²) in [5.74, 6) is -0.151. The van der Waals surface area contributed by atoms with E-state index in [1.807, 2.05) is 19.2 Å². The molecule has 0 aliphatic carbocycles. The van der Waals surface area contributed by atoms with E-state index in [2.05, 4.69) is 11.0 Å². The molecule has 1 rings (SSSR count). The summed E-state index contributed by atoms with van der Waals surface area (Å²) in [7, 11) is 1.99. The van der Waals surface area contributed by atoms with Crippen LogP contribution < -0.4 is 0 Å². The number of aryl methyl sites for hydroxylation is 1. The Hall–Kier alpha value is -1.40. The largest absolute Gasteiger partial charge is 0.305 e. The van der Waals surface area contributed by atoms with Gasteiger partial charge in [-0.05, 0) is 37.6 Å². The Kier molecular flexibility index (Phi) is 4.94. The van der Waals surface area contributed by atoms with Gasteiger partial charge in [0.25, 0.3) is 0 Å². The monoisotopic (exact) mass is 220 g/mol. The number of nitrogens with zero attached hydrogens (tertiary/aromatic N) is 2. The van der Waals surface area contributed by atoms with Gasteiger partial charge in [0.15, 0.2) is 0 Å². The Morgan fingerprint density at radius 3 is 2.75 bits per heavy atom. The lowest BCUT2D eigenvalue weighted by molar-refractivity contribution is 0.346. The molecule has 1 aromatic carbocycles. The van der Waals surface area contributed by atoms with Gasteiger partial charge in [-0.15, -0.1) is 0 Å². The van der Waals surface area contributed by atoms with Crippen LogP contribution in [0.5, 0.6) is 0 Å². The number of nitriles is 1. The van der Waals surface area contributed by atoms with E-state index in [1.165, 1.54) is 6.07 Å². The van der Waals surface area contributed by atoms with Crippen molar-refractivity contribution in [3.05, 3.63) is 35.1 Å². The summed E-state index contributed by atoms with van der Waals surface area (Å²) in [5, 5.41) is 8.45. The molecule has 0 atom stereocenters. The van der Waals surface area contributed by atoms with Crippen molar-refractivity contribution in [1.29, 1.82) is 5.26 Å². The fourth-order valence-electron chi connectivity index (χ4n) is 1.53. The molecule has 0 heterocycles. The molecule has 0 aliphatic rings. The molecule has 0 fully saturated rings. The van der Waals surface area contributed by atoms with Crippen molar-refractivity contribution in [2.75, 3.05) is 20.1 Å². The summed E-state index contributed by atoms with van der Waals surface area (Å²) in [4.78, 5) is 2.11. The second-order valence-corrected chi connectivity index (χ2v) is 4.04. The number of hydrogen-bond donors (Lipinski definition) is 0. The van der Waals surface area contributed by atoms with E-state index in [0.717, 1.165) is 25.1 Å². The molecular weight excluding hydrogens is 203 g/mol. The summed E-state index contributed by atoms with van der Waals surface area (Å²) in [6, 6.07) is 7.34. The van der Waals surface area contributed by atoms with Crippen LogP contribution in [0.1, 0.15) is 17.5 Å². The summed E-state index contributed by atoms with van der Waals surface area (Å²) in [6.45, 7) is 3.46. The molecule has 0 N–H and O–H groups in total. The van der Waals surface area contributed by atoms with Crippen molar-refractivity contribution in [2.24, 2.45) is 0 Å². The summed E-state index contributed by atoms with van der Waals surface area (Å²) in [6.07, 6.45) is 1.45. The quantitative estimate of drug-likeness (QED) is 0.762. The average molecular weight is 220 g/mol. The zero-order valence-electron chi connectivity index (χ0n) is 9.83. The van der Waals surface area contributed by atoms with Gasteiger partial charge in [-0.25, -0.2) is 4.39 Å². The third-order valence-corrected chi connectivity index (χ3v) is 2.61. The maximum Gasteiger partial charge on any atom is 0.126 e. The van der Waals surface area contributed by atoms with Crippen molar-refractivity contribution in [3.63, 3.8) is 0 Å². The second-order valence-electron chi connectivity index (χ2n) is 4.04. The lowest BCUT2D eigenvalue weighted by Crippen LogP contribution is -2.22. The second kappa shape index (κ2) is 6.24. The van der Waals surface area contributed by atoms with Gasteiger partial charge >= 0.3 is 0 Å². The molecule has 0 unspecified atom stereocenters. The van der Waals surface area contributed by atoms with E-state index >= 15 is 0 Å². The highest BCUT2D eigenvalue weighted by Gasteiger charge is 2.01. The Bertz CT molecular complexity index is 382. The molecule has 1 aromatic rings. The first-order valence-corrected chi connectivity index (χ1v) is 5.44. The minimum Gasteiger partial charge on any atom is -0.305 e. The Morgan fingerprint density at radius 2 is 2.12 bits per heavy atom. The van der Waals surface area contributed by atoms with E-state index in [4.69, 9.17) is 5.26 Å². The number of halogens is 1. The van der Waals surface area contributed by atoms with Crippen LogP contribution in [0.15, 0.2) is 18.2 Å². The van der Waals surface area contributed by atoms with Gasteiger partial charge in [0.05, 0.1) is 6.07 Å². The molecular formula is C13H17FN2. The maximum absolute atomic E-state index is 13.0. The van der Waals surface area contributed by atoms with Crippen LogP contribution in [0, 0.1) is 24.1 Å². The van der Waals surface area contributed by atoms with E-state index in [1.54, 1.807) is 6.92 Å². The topological polar surface area (TPSA) is 27.0 Å². The molecule has 0 bridgehead atoms. The smallest absolute Gasteiger partial charge is 0.126 e. The zero-order valence-corrected chi connectivity index (χ0v) is 9.83. The van der Waals surface area contributed by atoms with Crippen molar-refractivity contribution in [2.45, 2.75) is 19.8 Å². The highest BCUT2D eigenvalue weighted by atomic mass is 19.1. The zero-order chi connectivity index (χ0) is 12.0. The van der Waals surface area contributed by atoms with Crippen LogP contribution in [0.4, 0.5) is 4.39 Å². The summed E-state index contributed by atoms with van der Waals surface area (Å²) >= 11 is 0. The van der Waals surface area contributed by atoms with Gasteiger partial charge in [-0.1, -0.05) is 12.1 Å². The molecule has 16 heavy (non-hydrogen) atoms. The Labute approximate surface area is 96.3 Å². The number of rotatable bonds is 5. The summed E-state index contributed by atoms with van der Waals surface area (Å²) in [5.41, 5.74) is 1.83. The minimum absolute atomic E-state index is 0.151. The van der Waals surface area contributed by atoms with Gasteiger partial charge in [0.1, 0.15) is 5.82 Å². The first kappa shape index (κ1) is 12.7. The molecule has 0 aliphatic heterocycles. The third-order valence-electron chi connectivity index (χ3n) is 2.61. The van der Waals surface area contributed by atoms with E-state index in [0.29, 0.717) is 12.0 Å². The lowest BCUT2D eigenvalue weighted by Gasteiger charge is -2.14. The van der Waals surface area contributed by atoms with Gasteiger partial charge in [0, 0.05) is 19.5 Å². The molecule has 86 valence electrons. The highest BCUT2D eigenvalue weighted by Crippen LogP contribution is 2.10. The molecule has 0 saturated carbocycles. The number of likely N-dealkylation sites (N-methyl/N-ethyl adjacent to an activating group) is 1. The first-order chi connectivity index (χ1) is 7.63. The normalized spacial score (nSPS) is 10.4. The third kappa shape index (κ3) is 4.00. The van der Waals surface area contributed by atoms with Crippen molar-refractivity contribution in [1.82, 2.24) is 4.90 Å². The maximum atomic E-state index is 13.0. The summed E-state index contributed by atoms with van der Waals surface area (Å²) < 4.78 is 13.0.